The van der Waals surface area contributed by atoms with Gasteiger partial charge in [-0.25, -0.2) is 4.79 Å². The summed E-state index contributed by atoms with van der Waals surface area (Å²) in [6, 6.07) is 9.91. The Bertz CT molecular complexity index is 549. The first-order chi connectivity index (χ1) is 9.31. The summed E-state index contributed by atoms with van der Waals surface area (Å²) in [4.78, 5) is 11.6. The summed E-state index contributed by atoms with van der Waals surface area (Å²) >= 11 is 0. The number of hydrogen-bond donors (Lipinski definition) is 0. The minimum atomic E-state index is -0.313. The summed E-state index contributed by atoms with van der Waals surface area (Å²) in [5, 5.41) is 0. The minimum Gasteiger partial charge on any atom is -0.458 e. The molecule has 1 aromatic rings. The fraction of sp³-hybridized carbons (Fsp3) is 0.400. The second-order valence-corrected chi connectivity index (χ2v) is 5.16. The molecule has 0 amide bonds. The number of carbonyl (C=O) groups excluding carboxylic acids is 1. The van der Waals surface area contributed by atoms with Gasteiger partial charge in [0.1, 0.15) is 6.61 Å². The van der Waals surface area contributed by atoms with Crippen molar-refractivity contribution in [3.05, 3.63) is 47.0 Å². The first-order valence-corrected chi connectivity index (χ1v) is 6.55. The highest BCUT2D eigenvalue weighted by Gasteiger charge is 2.44. The van der Waals surface area contributed by atoms with Gasteiger partial charge in [-0.3, -0.25) is 0 Å². The Morgan fingerprint density at radius 3 is 2.53 bits per heavy atom. The molecule has 1 aliphatic carbocycles. The summed E-state index contributed by atoms with van der Waals surface area (Å²) in [6.07, 6.45) is 1.05. The number of rotatable bonds is 1. The lowest BCUT2D eigenvalue weighted by Crippen LogP contribution is -2.28. The summed E-state index contributed by atoms with van der Waals surface area (Å²) in [5.74, 6) is -0.180. The smallest absolute Gasteiger partial charge is 0.334 e. The standard InChI is InChI=1S/C15H14O4/c16-14-11-7-13-12(6-10(11)8-17-14)18-15(19-13)9-4-2-1-3-5-9/h1-5,12-13,15H,6-8H2/t12-,13+,15+/m1/s1. The molecule has 4 rings (SSSR count). The number of ether oxygens (including phenoxy) is 3. The molecule has 2 heterocycles. The van der Waals surface area contributed by atoms with E-state index >= 15 is 0 Å². The van der Waals surface area contributed by atoms with Crippen molar-refractivity contribution >= 4 is 5.97 Å². The summed E-state index contributed by atoms with van der Waals surface area (Å²) < 4.78 is 17.0. The predicted octanol–water partition coefficient (Wildman–Crippen LogP) is 2.12. The van der Waals surface area contributed by atoms with Gasteiger partial charge in [-0.15, -0.1) is 0 Å². The molecule has 0 bridgehead atoms. The van der Waals surface area contributed by atoms with Crippen molar-refractivity contribution in [3.8, 4) is 0 Å². The highest BCUT2D eigenvalue weighted by atomic mass is 16.7. The Kier molecular flexibility index (Phi) is 2.47. The van der Waals surface area contributed by atoms with Crippen molar-refractivity contribution < 1.29 is 19.0 Å². The maximum atomic E-state index is 11.6. The topological polar surface area (TPSA) is 44.8 Å². The van der Waals surface area contributed by atoms with Gasteiger partial charge >= 0.3 is 5.97 Å². The van der Waals surface area contributed by atoms with E-state index in [-0.39, 0.29) is 24.5 Å². The Labute approximate surface area is 111 Å². The molecule has 0 N–H and O–H groups in total. The number of benzene rings is 1. The average Bonchev–Trinajstić information content (AvgIpc) is 3.02. The summed E-state index contributed by atoms with van der Waals surface area (Å²) in [7, 11) is 0. The average molecular weight is 258 g/mol. The molecule has 0 unspecified atom stereocenters. The lowest BCUT2D eigenvalue weighted by atomic mass is 9.89. The molecule has 3 atom stereocenters. The third-order valence-electron chi connectivity index (χ3n) is 3.99. The fourth-order valence-corrected chi connectivity index (χ4v) is 2.98. The Hall–Kier alpha value is -1.65. The van der Waals surface area contributed by atoms with Crippen molar-refractivity contribution in [2.45, 2.75) is 31.3 Å². The Morgan fingerprint density at radius 2 is 1.74 bits per heavy atom. The van der Waals surface area contributed by atoms with E-state index in [0.717, 1.165) is 23.1 Å². The van der Waals surface area contributed by atoms with Crippen LogP contribution in [0.4, 0.5) is 0 Å². The van der Waals surface area contributed by atoms with Crippen LogP contribution in [-0.4, -0.2) is 24.8 Å². The van der Waals surface area contributed by atoms with Crippen LogP contribution in [0.15, 0.2) is 41.5 Å². The van der Waals surface area contributed by atoms with E-state index in [2.05, 4.69) is 0 Å². The van der Waals surface area contributed by atoms with Gasteiger partial charge in [-0.2, -0.15) is 0 Å². The van der Waals surface area contributed by atoms with Crippen LogP contribution in [0.3, 0.4) is 0 Å². The summed E-state index contributed by atoms with van der Waals surface area (Å²) in [5.41, 5.74) is 2.92. The molecule has 2 aliphatic heterocycles. The van der Waals surface area contributed by atoms with Crippen LogP contribution in [0.2, 0.25) is 0 Å². The molecule has 0 saturated carbocycles. The zero-order chi connectivity index (χ0) is 12.8. The lowest BCUT2D eigenvalue weighted by molar-refractivity contribution is -0.136. The molecule has 4 heteroatoms. The van der Waals surface area contributed by atoms with Crippen molar-refractivity contribution in [2.24, 2.45) is 0 Å². The van der Waals surface area contributed by atoms with Crippen LogP contribution in [0.25, 0.3) is 0 Å². The van der Waals surface area contributed by atoms with Crippen LogP contribution in [0.5, 0.6) is 0 Å². The molecule has 98 valence electrons. The molecule has 1 saturated heterocycles. The molecule has 3 aliphatic rings. The largest absolute Gasteiger partial charge is 0.458 e. The van der Waals surface area contributed by atoms with E-state index in [0.29, 0.717) is 13.0 Å². The van der Waals surface area contributed by atoms with Gasteiger partial charge in [0.15, 0.2) is 6.29 Å². The number of esters is 1. The normalized spacial score (nSPS) is 33.1. The van der Waals surface area contributed by atoms with Gasteiger partial charge in [-0.05, 0) is 5.57 Å². The number of hydrogen-bond acceptors (Lipinski definition) is 4. The van der Waals surface area contributed by atoms with Gasteiger partial charge < -0.3 is 14.2 Å². The van der Waals surface area contributed by atoms with Gasteiger partial charge in [-0.1, -0.05) is 30.3 Å². The highest BCUT2D eigenvalue weighted by Crippen LogP contribution is 2.42. The first-order valence-electron chi connectivity index (χ1n) is 6.55. The van der Waals surface area contributed by atoms with Crippen LogP contribution in [-0.2, 0) is 19.0 Å². The van der Waals surface area contributed by atoms with Crippen LogP contribution in [0.1, 0.15) is 24.7 Å². The SMILES string of the molecule is O=C1OCC2=C1C[C@@H]1O[C@@H](c3ccccc3)O[C@@H]1C2. The molecular formula is C15H14O4. The molecule has 4 nitrogen and oxygen atoms in total. The zero-order valence-corrected chi connectivity index (χ0v) is 10.4. The highest BCUT2D eigenvalue weighted by molar-refractivity contribution is 5.92. The third-order valence-corrected chi connectivity index (χ3v) is 3.99. The second-order valence-electron chi connectivity index (χ2n) is 5.16. The monoisotopic (exact) mass is 258 g/mol. The molecule has 0 radical (unpaired) electrons. The van der Waals surface area contributed by atoms with Crippen molar-refractivity contribution in [1.29, 1.82) is 0 Å². The molecule has 1 aromatic carbocycles. The fourth-order valence-electron chi connectivity index (χ4n) is 2.98. The van der Waals surface area contributed by atoms with E-state index in [4.69, 9.17) is 14.2 Å². The maximum absolute atomic E-state index is 11.6. The Balaban J connectivity index is 1.54. The van der Waals surface area contributed by atoms with Crippen molar-refractivity contribution in [3.63, 3.8) is 0 Å². The van der Waals surface area contributed by atoms with E-state index in [9.17, 15) is 4.79 Å². The van der Waals surface area contributed by atoms with E-state index in [1.165, 1.54) is 0 Å². The zero-order valence-electron chi connectivity index (χ0n) is 10.4. The Morgan fingerprint density at radius 1 is 1.00 bits per heavy atom. The third kappa shape index (κ3) is 1.79. The van der Waals surface area contributed by atoms with Gasteiger partial charge in [0, 0.05) is 24.0 Å². The number of carbonyl (C=O) groups is 1. The molecule has 0 spiro atoms. The van der Waals surface area contributed by atoms with Gasteiger partial charge in [0.05, 0.1) is 12.2 Å². The molecule has 0 aromatic heterocycles. The van der Waals surface area contributed by atoms with Gasteiger partial charge in [0.25, 0.3) is 0 Å². The van der Waals surface area contributed by atoms with E-state index in [1.807, 2.05) is 30.3 Å². The van der Waals surface area contributed by atoms with E-state index in [1.54, 1.807) is 0 Å². The first kappa shape index (κ1) is 11.2. The van der Waals surface area contributed by atoms with Crippen molar-refractivity contribution in [2.75, 3.05) is 6.61 Å². The second kappa shape index (κ2) is 4.18. The predicted molar refractivity (Wildman–Crippen MR) is 66.1 cm³/mol. The molecule has 1 fully saturated rings. The van der Waals surface area contributed by atoms with Crippen molar-refractivity contribution in [1.82, 2.24) is 0 Å². The number of cyclic esters (lactones) is 1. The van der Waals surface area contributed by atoms with Crippen LogP contribution in [0, 0.1) is 0 Å². The quantitative estimate of drug-likeness (QED) is 0.724. The van der Waals surface area contributed by atoms with Crippen LogP contribution < -0.4 is 0 Å². The summed E-state index contributed by atoms with van der Waals surface area (Å²) in [6.45, 7) is 0.427. The maximum Gasteiger partial charge on any atom is 0.334 e. The van der Waals surface area contributed by atoms with E-state index < -0.39 is 0 Å². The van der Waals surface area contributed by atoms with Crippen LogP contribution >= 0.6 is 0 Å². The molecule has 19 heavy (non-hydrogen) atoms. The molecular weight excluding hydrogens is 244 g/mol. The van der Waals surface area contributed by atoms with Gasteiger partial charge in [0.2, 0.25) is 0 Å². The number of fused-ring (bicyclic) bond motifs is 1. The lowest BCUT2D eigenvalue weighted by Gasteiger charge is -2.21. The minimum absolute atomic E-state index is 0.0328.